The first-order valence-electron chi connectivity index (χ1n) is 6.59. The molecule has 96 valence electrons. The molecule has 1 atom stereocenters. The molecular formula is C13H22N2O2. The number of amides is 2. The molecule has 0 aromatic heterocycles. The van der Waals surface area contributed by atoms with E-state index < -0.39 is 5.54 Å². The Morgan fingerprint density at radius 2 is 2.00 bits per heavy atom. The Morgan fingerprint density at radius 3 is 2.53 bits per heavy atom. The second kappa shape index (κ2) is 4.31. The van der Waals surface area contributed by atoms with Crippen LogP contribution in [0.2, 0.25) is 0 Å². The maximum atomic E-state index is 12.3. The molecule has 2 rings (SSSR count). The largest absolute Gasteiger partial charge is 0.340 e. The fraction of sp³-hybridized carbons (Fsp3) is 0.846. The third-order valence-corrected chi connectivity index (χ3v) is 3.77. The fourth-order valence-corrected chi connectivity index (χ4v) is 2.48. The van der Waals surface area contributed by atoms with Crippen LogP contribution in [0.3, 0.4) is 0 Å². The van der Waals surface area contributed by atoms with E-state index in [4.69, 9.17) is 0 Å². The predicted molar refractivity (Wildman–Crippen MR) is 65.4 cm³/mol. The van der Waals surface area contributed by atoms with Crippen molar-refractivity contribution < 1.29 is 9.59 Å². The Labute approximate surface area is 103 Å². The summed E-state index contributed by atoms with van der Waals surface area (Å²) in [5.74, 6) is 0.839. The molecule has 4 heteroatoms. The van der Waals surface area contributed by atoms with Crippen molar-refractivity contribution in [3.05, 3.63) is 0 Å². The van der Waals surface area contributed by atoms with Gasteiger partial charge in [0, 0.05) is 6.54 Å². The summed E-state index contributed by atoms with van der Waals surface area (Å²) in [6.45, 7) is 6.26. The van der Waals surface area contributed by atoms with Gasteiger partial charge in [0.1, 0.15) is 11.6 Å². The van der Waals surface area contributed by atoms with Crippen molar-refractivity contribution in [1.82, 2.24) is 10.2 Å². The highest BCUT2D eigenvalue weighted by molar-refractivity contribution is 5.99. The molecule has 1 aliphatic heterocycles. The van der Waals surface area contributed by atoms with Crippen LogP contribution in [0.4, 0.5) is 0 Å². The molecule has 0 radical (unpaired) electrons. The van der Waals surface area contributed by atoms with Crippen LogP contribution < -0.4 is 5.32 Å². The summed E-state index contributed by atoms with van der Waals surface area (Å²) < 4.78 is 0. The number of rotatable bonds is 4. The summed E-state index contributed by atoms with van der Waals surface area (Å²) in [5.41, 5.74) is -0.744. The number of carbonyl (C=O) groups is 2. The van der Waals surface area contributed by atoms with E-state index in [1.54, 1.807) is 18.7 Å². The second-order valence-electron chi connectivity index (χ2n) is 5.77. The van der Waals surface area contributed by atoms with Crippen LogP contribution in [0.25, 0.3) is 0 Å². The summed E-state index contributed by atoms with van der Waals surface area (Å²) in [7, 11) is 0. The zero-order valence-electron chi connectivity index (χ0n) is 11.0. The van der Waals surface area contributed by atoms with E-state index in [0.717, 1.165) is 18.9 Å². The van der Waals surface area contributed by atoms with Gasteiger partial charge >= 0.3 is 0 Å². The minimum atomic E-state index is -0.744. The van der Waals surface area contributed by atoms with Crippen molar-refractivity contribution >= 4 is 11.8 Å². The molecule has 2 aliphatic rings. The first-order chi connectivity index (χ1) is 7.95. The van der Waals surface area contributed by atoms with E-state index in [-0.39, 0.29) is 17.9 Å². The average Bonchev–Trinajstić information content (AvgIpc) is 3.04. The van der Waals surface area contributed by atoms with Crippen molar-refractivity contribution in [2.45, 2.75) is 58.0 Å². The molecule has 2 amide bonds. The first-order valence-corrected chi connectivity index (χ1v) is 6.59. The zero-order chi connectivity index (χ0) is 12.6. The van der Waals surface area contributed by atoms with Gasteiger partial charge in [0.05, 0.1) is 0 Å². The fourth-order valence-electron chi connectivity index (χ4n) is 2.48. The smallest absolute Gasteiger partial charge is 0.248 e. The third-order valence-electron chi connectivity index (χ3n) is 3.77. The van der Waals surface area contributed by atoms with Crippen molar-refractivity contribution in [3.63, 3.8) is 0 Å². The normalized spacial score (nSPS) is 28.2. The lowest BCUT2D eigenvalue weighted by Crippen LogP contribution is -2.68. The Balaban J connectivity index is 2.09. The summed E-state index contributed by atoms with van der Waals surface area (Å²) in [4.78, 5) is 26.0. The molecule has 1 unspecified atom stereocenters. The topological polar surface area (TPSA) is 49.4 Å². The van der Waals surface area contributed by atoms with Crippen molar-refractivity contribution in [2.24, 2.45) is 5.92 Å². The van der Waals surface area contributed by atoms with Gasteiger partial charge < -0.3 is 10.2 Å². The predicted octanol–water partition coefficient (Wildman–Crippen LogP) is 1.30. The van der Waals surface area contributed by atoms with E-state index in [9.17, 15) is 9.59 Å². The van der Waals surface area contributed by atoms with Gasteiger partial charge in [-0.3, -0.25) is 9.59 Å². The van der Waals surface area contributed by atoms with E-state index in [1.165, 1.54) is 12.8 Å². The van der Waals surface area contributed by atoms with Crippen molar-refractivity contribution in [2.75, 3.05) is 6.54 Å². The molecule has 1 saturated carbocycles. The number of carbonyl (C=O) groups excluding carboxylic acids is 2. The molecule has 0 bridgehead atoms. The minimum Gasteiger partial charge on any atom is -0.340 e. The number of nitrogens with one attached hydrogen (secondary N) is 1. The Hall–Kier alpha value is -1.06. The van der Waals surface area contributed by atoms with E-state index in [0.29, 0.717) is 6.42 Å². The standard InChI is InChI=1S/C13H22N2O2/c1-4-10-11(16)14-13(2,3)12(17)15(10)8-7-9-5-6-9/h9-10H,4-8H2,1-3H3,(H,14,16). The van der Waals surface area contributed by atoms with Crippen LogP contribution in [0, 0.1) is 5.92 Å². The summed E-state index contributed by atoms with van der Waals surface area (Å²) >= 11 is 0. The number of nitrogens with zero attached hydrogens (tertiary/aromatic N) is 1. The molecule has 0 spiro atoms. The highest BCUT2D eigenvalue weighted by Crippen LogP contribution is 2.33. The quantitative estimate of drug-likeness (QED) is 0.802. The lowest BCUT2D eigenvalue weighted by molar-refractivity contribution is -0.153. The van der Waals surface area contributed by atoms with Crippen LogP contribution >= 0.6 is 0 Å². The third kappa shape index (κ3) is 2.45. The number of piperazine rings is 1. The molecule has 1 aliphatic carbocycles. The molecular weight excluding hydrogens is 216 g/mol. The van der Waals surface area contributed by atoms with E-state index >= 15 is 0 Å². The van der Waals surface area contributed by atoms with E-state index in [2.05, 4.69) is 5.32 Å². The highest BCUT2D eigenvalue weighted by Gasteiger charge is 2.44. The molecule has 0 aromatic rings. The van der Waals surface area contributed by atoms with Gasteiger partial charge in [0.2, 0.25) is 11.8 Å². The van der Waals surface area contributed by atoms with Crippen LogP contribution in [0.1, 0.15) is 46.5 Å². The second-order valence-corrected chi connectivity index (χ2v) is 5.77. The van der Waals surface area contributed by atoms with Crippen molar-refractivity contribution in [3.8, 4) is 0 Å². The molecule has 1 heterocycles. The number of hydrogen-bond acceptors (Lipinski definition) is 2. The first kappa shape index (κ1) is 12.4. The monoisotopic (exact) mass is 238 g/mol. The molecule has 17 heavy (non-hydrogen) atoms. The lowest BCUT2D eigenvalue weighted by atomic mass is 9.95. The Morgan fingerprint density at radius 1 is 1.35 bits per heavy atom. The molecule has 2 fully saturated rings. The van der Waals surface area contributed by atoms with Crippen LogP contribution in [-0.2, 0) is 9.59 Å². The van der Waals surface area contributed by atoms with Crippen LogP contribution in [0.5, 0.6) is 0 Å². The van der Waals surface area contributed by atoms with Crippen molar-refractivity contribution in [1.29, 1.82) is 0 Å². The molecule has 4 nitrogen and oxygen atoms in total. The van der Waals surface area contributed by atoms with Gasteiger partial charge in [-0.15, -0.1) is 0 Å². The van der Waals surface area contributed by atoms with Gasteiger partial charge in [0.25, 0.3) is 0 Å². The van der Waals surface area contributed by atoms with Gasteiger partial charge in [-0.25, -0.2) is 0 Å². The molecule has 1 N–H and O–H groups in total. The summed E-state index contributed by atoms with van der Waals surface area (Å²) in [5, 5.41) is 2.81. The highest BCUT2D eigenvalue weighted by atomic mass is 16.2. The summed E-state index contributed by atoms with van der Waals surface area (Å²) in [6, 6.07) is -0.269. The van der Waals surface area contributed by atoms with Gasteiger partial charge in [-0.1, -0.05) is 19.8 Å². The Kier molecular flexibility index (Phi) is 3.15. The SMILES string of the molecule is CCC1C(=O)NC(C)(C)C(=O)N1CCC1CC1. The van der Waals surface area contributed by atoms with Gasteiger partial charge in [0.15, 0.2) is 0 Å². The maximum absolute atomic E-state index is 12.3. The van der Waals surface area contributed by atoms with Gasteiger partial charge in [-0.05, 0) is 32.6 Å². The van der Waals surface area contributed by atoms with E-state index in [1.807, 2.05) is 6.92 Å². The molecule has 0 aromatic carbocycles. The zero-order valence-corrected chi connectivity index (χ0v) is 11.0. The lowest BCUT2D eigenvalue weighted by Gasteiger charge is -2.42. The van der Waals surface area contributed by atoms with Gasteiger partial charge in [-0.2, -0.15) is 0 Å². The van der Waals surface area contributed by atoms with Crippen LogP contribution in [-0.4, -0.2) is 34.8 Å². The number of hydrogen-bond donors (Lipinski definition) is 1. The summed E-state index contributed by atoms with van der Waals surface area (Å²) in [6.07, 6.45) is 4.31. The Bertz CT molecular complexity index is 334. The molecule has 1 saturated heterocycles. The van der Waals surface area contributed by atoms with Crippen LogP contribution in [0.15, 0.2) is 0 Å². The maximum Gasteiger partial charge on any atom is 0.248 e. The minimum absolute atomic E-state index is 0.00658. The average molecular weight is 238 g/mol.